The maximum absolute atomic E-state index is 13.0. The Labute approximate surface area is 171 Å². The predicted molar refractivity (Wildman–Crippen MR) is 106 cm³/mol. The maximum atomic E-state index is 13.0. The molecule has 8 nitrogen and oxygen atoms in total. The van der Waals surface area contributed by atoms with Crippen LogP contribution < -0.4 is 0 Å². The SMILES string of the molecule is O=C(O[C@@H]1CCOC1=O)c1cc(-c2ccccc2)nc2c1cnn2Cc1ccco1. The summed E-state index contributed by atoms with van der Waals surface area (Å²) in [5.74, 6) is -0.420. The number of aromatic nitrogens is 3. The highest BCUT2D eigenvalue weighted by Gasteiger charge is 2.31. The molecule has 0 radical (unpaired) electrons. The fraction of sp³-hybridized carbons (Fsp3) is 0.182. The van der Waals surface area contributed by atoms with Gasteiger partial charge in [0, 0.05) is 12.0 Å². The average molecular weight is 403 g/mol. The van der Waals surface area contributed by atoms with E-state index >= 15 is 0 Å². The molecule has 1 aliphatic rings. The van der Waals surface area contributed by atoms with Gasteiger partial charge in [-0.2, -0.15) is 5.10 Å². The minimum Gasteiger partial charge on any atom is -0.467 e. The fourth-order valence-electron chi connectivity index (χ4n) is 3.42. The Morgan fingerprint density at radius 1 is 1.20 bits per heavy atom. The van der Waals surface area contributed by atoms with Crippen molar-refractivity contribution < 1.29 is 23.5 Å². The third kappa shape index (κ3) is 3.32. The summed E-state index contributed by atoms with van der Waals surface area (Å²) < 4.78 is 17.4. The van der Waals surface area contributed by atoms with Gasteiger partial charge in [0.25, 0.3) is 0 Å². The number of hydrogen-bond acceptors (Lipinski definition) is 7. The number of cyclic esters (lactones) is 1. The molecule has 0 saturated carbocycles. The van der Waals surface area contributed by atoms with Gasteiger partial charge >= 0.3 is 11.9 Å². The van der Waals surface area contributed by atoms with Crippen LogP contribution in [-0.2, 0) is 20.8 Å². The third-order valence-corrected chi connectivity index (χ3v) is 4.92. The van der Waals surface area contributed by atoms with Crippen molar-refractivity contribution in [2.75, 3.05) is 6.61 Å². The molecule has 5 rings (SSSR count). The van der Waals surface area contributed by atoms with Crippen LogP contribution in [-0.4, -0.2) is 39.4 Å². The van der Waals surface area contributed by atoms with Crippen molar-refractivity contribution in [3.05, 3.63) is 72.3 Å². The van der Waals surface area contributed by atoms with Crippen LogP contribution in [0, 0.1) is 0 Å². The number of benzene rings is 1. The van der Waals surface area contributed by atoms with Gasteiger partial charge in [0.2, 0.25) is 6.10 Å². The Balaban J connectivity index is 1.60. The van der Waals surface area contributed by atoms with Crippen LogP contribution >= 0.6 is 0 Å². The molecule has 0 N–H and O–H groups in total. The molecule has 8 heteroatoms. The molecule has 4 aromatic rings. The Bertz CT molecular complexity index is 1210. The van der Waals surface area contributed by atoms with E-state index in [4.69, 9.17) is 18.9 Å². The molecule has 1 aliphatic heterocycles. The first-order valence-electron chi connectivity index (χ1n) is 9.51. The molecule has 0 aliphatic carbocycles. The largest absolute Gasteiger partial charge is 0.467 e. The number of nitrogens with zero attached hydrogens (tertiary/aromatic N) is 3. The van der Waals surface area contributed by atoms with E-state index in [1.165, 1.54) is 0 Å². The van der Waals surface area contributed by atoms with Gasteiger partial charge in [0.15, 0.2) is 5.65 Å². The minimum absolute atomic E-state index is 0.249. The molecule has 0 bridgehead atoms. The van der Waals surface area contributed by atoms with Crippen molar-refractivity contribution in [2.24, 2.45) is 0 Å². The number of rotatable bonds is 5. The zero-order valence-corrected chi connectivity index (χ0v) is 15.9. The van der Waals surface area contributed by atoms with E-state index < -0.39 is 18.0 Å². The molecular weight excluding hydrogens is 386 g/mol. The summed E-state index contributed by atoms with van der Waals surface area (Å²) in [6.07, 6.45) is 2.62. The molecule has 1 aromatic carbocycles. The Morgan fingerprint density at radius 3 is 2.80 bits per heavy atom. The second kappa shape index (κ2) is 7.47. The number of ether oxygens (including phenoxy) is 2. The highest BCUT2D eigenvalue weighted by Crippen LogP contribution is 2.27. The molecule has 0 spiro atoms. The van der Waals surface area contributed by atoms with Gasteiger partial charge in [0.05, 0.1) is 35.7 Å². The van der Waals surface area contributed by atoms with Gasteiger partial charge in [0.1, 0.15) is 12.3 Å². The number of fused-ring (bicyclic) bond motifs is 1. The van der Waals surface area contributed by atoms with Crippen molar-refractivity contribution in [3.8, 4) is 11.3 Å². The van der Waals surface area contributed by atoms with Gasteiger partial charge in [-0.05, 0) is 18.2 Å². The maximum Gasteiger partial charge on any atom is 0.347 e. The summed E-state index contributed by atoms with van der Waals surface area (Å²) in [5.41, 5.74) is 2.27. The van der Waals surface area contributed by atoms with Crippen LogP contribution in [0.2, 0.25) is 0 Å². The molecule has 1 saturated heterocycles. The lowest BCUT2D eigenvalue weighted by Crippen LogP contribution is -2.23. The molecule has 4 heterocycles. The Kier molecular flexibility index (Phi) is 4.51. The smallest absolute Gasteiger partial charge is 0.347 e. The van der Waals surface area contributed by atoms with Gasteiger partial charge in [-0.25, -0.2) is 19.3 Å². The predicted octanol–water partition coefficient (Wildman–Crippen LogP) is 3.21. The normalized spacial score (nSPS) is 16.0. The number of furan rings is 1. The van der Waals surface area contributed by atoms with E-state index in [0.717, 1.165) is 5.56 Å². The van der Waals surface area contributed by atoms with Crippen molar-refractivity contribution in [1.29, 1.82) is 0 Å². The topological polar surface area (TPSA) is 96.5 Å². The van der Waals surface area contributed by atoms with Crippen molar-refractivity contribution in [2.45, 2.75) is 19.1 Å². The monoisotopic (exact) mass is 403 g/mol. The molecule has 3 aromatic heterocycles. The first-order chi connectivity index (χ1) is 14.7. The molecule has 150 valence electrons. The Morgan fingerprint density at radius 2 is 2.07 bits per heavy atom. The standard InChI is InChI=1S/C22H17N3O5/c26-21(30-19-8-10-29-22(19)27)16-11-18(14-5-2-1-3-6-14)24-20-17(16)12-23-25(20)13-15-7-4-9-28-15/h1-7,9,11-12,19H,8,10,13H2/t19-/m1/s1. The number of hydrogen-bond donors (Lipinski definition) is 0. The summed E-state index contributed by atoms with van der Waals surface area (Å²) in [7, 11) is 0. The summed E-state index contributed by atoms with van der Waals surface area (Å²) in [6.45, 7) is 0.615. The summed E-state index contributed by atoms with van der Waals surface area (Å²) in [4.78, 5) is 29.4. The summed E-state index contributed by atoms with van der Waals surface area (Å²) >= 11 is 0. The van der Waals surface area contributed by atoms with Crippen LogP contribution in [0.1, 0.15) is 22.5 Å². The number of esters is 2. The first kappa shape index (κ1) is 18.1. The quantitative estimate of drug-likeness (QED) is 0.472. The van der Waals surface area contributed by atoms with Gasteiger partial charge in [-0.15, -0.1) is 0 Å². The van der Waals surface area contributed by atoms with Crippen LogP contribution in [0.4, 0.5) is 0 Å². The highest BCUT2D eigenvalue weighted by molar-refractivity contribution is 6.04. The zero-order valence-electron chi connectivity index (χ0n) is 15.9. The van der Waals surface area contributed by atoms with Gasteiger partial charge < -0.3 is 13.9 Å². The van der Waals surface area contributed by atoms with Gasteiger partial charge in [-0.3, -0.25) is 0 Å². The summed E-state index contributed by atoms with van der Waals surface area (Å²) in [6, 6.07) is 14.8. The molecule has 1 atom stereocenters. The van der Waals surface area contributed by atoms with E-state index in [1.54, 1.807) is 29.3 Å². The molecule has 1 fully saturated rings. The number of carbonyl (C=O) groups excluding carboxylic acids is 2. The van der Waals surface area contributed by atoms with Gasteiger partial charge in [-0.1, -0.05) is 30.3 Å². The average Bonchev–Trinajstić information content (AvgIpc) is 3.51. The van der Waals surface area contributed by atoms with Crippen LogP contribution in [0.25, 0.3) is 22.3 Å². The van der Waals surface area contributed by atoms with Crippen molar-refractivity contribution in [1.82, 2.24) is 14.8 Å². The second-order valence-corrected chi connectivity index (χ2v) is 6.89. The number of pyridine rings is 1. The van der Waals surface area contributed by atoms with E-state index in [1.807, 2.05) is 36.4 Å². The third-order valence-electron chi connectivity index (χ3n) is 4.92. The second-order valence-electron chi connectivity index (χ2n) is 6.89. The lowest BCUT2D eigenvalue weighted by atomic mass is 10.1. The van der Waals surface area contributed by atoms with Crippen LogP contribution in [0.5, 0.6) is 0 Å². The van der Waals surface area contributed by atoms with Crippen LogP contribution in [0.3, 0.4) is 0 Å². The summed E-state index contributed by atoms with van der Waals surface area (Å²) in [5, 5.41) is 4.93. The van der Waals surface area contributed by atoms with E-state index in [-0.39, 0.29) is 6.61 Å². The first-order valence-corrected chi connectivity index (χ1v) is 9.51. The lowest BCUT2D eigenvalue weighted by molar-refractivity contribution is -0.145. The molecule has 30 heavy (non-hydrogen) atoms. The fourth-order valence-corrected chi connectivity index (χ4v) is 3.42. The highest BCUT2D eigenvalue weighted by atomic mass is 16.6. The lowest BCUT2D eigenvalue weighted by Gasteiger charge is -2.11. The van der Waals surface area contributed by atoms with Crippen LogP contribution in [0.15, 0.2) is 65.4 Å². The number of carbonyl (C=O) groups is 2. The Hall–Kier alpha value is -3.94. The van der Waals surface area contributed by atoms with E-state index in [9.17, 15) is 9.59 Å². The molecule has 0 amide bonds. The molecule has 0 unspecified atom stereocenters. The van der Waals surface area contributed by atoms with E-state index in [2.05, 4.69) is 5.10 Å². The van der Waals surface area contributed by atoms with Crippen molar-refractivity contribution in [3.63, 3.8) is 0 Å². The van der Waals surface area contributed by atoms with E-state index in [0.29, 0.717) is 41.0 Å². The zero-order chi connectivity index (χ0) is 20.5. The minimum atomic E-state index is -0.890. The van der Waals surface area contributed by atoms with Crippen molar-refractivity contribution >= 4 is 23.0 Å². The molecular formula is C22H17N3O5.